The fourth-order valence-electron chi connectivity index (χ4n) is 4.04. The van der Waals surface area contributed by atoms with Gasteiger partial charge in [-0.3, -0.25) is 4.79 Å². The zero-order valence-corrected chi connectivity index (χ0v) is 11.9. The first kappa shape index (κ1) is 13.3. The average molecular weight is 291 g/mol. The lowest BCUT2D eigenvalue weighted by Gasteiger charge is -2.29. The first-order valence-electron chi connectivity index (χ1n) is 7.87. The molecule has 0 unspecified atom stereocenters. The van der Waals surface area contributed by atoms with E-state index in [0.717, 1.165) is 31.4 Å². The molecule has 1 amide bonds. The minimum Gasteiger partial charge on any atom is -0.456 e. The Balaban J connectivity index is 1.33. The minimum absolute atomic E-state index is 0.115. The van der Waals surface area contributed by atoms with Gasteiger partial charge in [-0.25, -0.2) is 0 Å². The Bertz CT molecular complexity index is 548. The predicted molar refractivity (Wildman–Crippen MR) is 74.7 cm³/mol. The van der Waals surface area contributed by atoms with Crippen LogP contribution in [0, 0.1) is 17.8 Å². The Hall–Kier alpha value is -1.33. The van der Waals surface area contributed by atoms with Crippen LogP contribution in [0.15, 0.2) is 16.5 Å². The van der Waals surface area contributed by atoms with Gasteiger partial charge in [-0.15, -0.1) is 0 Å². The normalized spacial score (nSPS) is 37.9. The van der Waals surface area contributed by atoms with Gasteiger partial charge in [0.25, 0.3) is 5.91 Å². The molecule has 114 valence electrons. The molecule has 5 atom stereocenters. The molecule has 1 aromatic rings. The molecule has 3 aliphatic carbocycles. The van der Waals surface area contributed by atoms with Crippen molar-refractivity contribution >= 4 is 5.91 Å². The predicted octanol–water partition coefficient (Wildman–Crippen LogP) is 1.26. The molecule has 0 spiro atoms. The molecule has 5 nitrogen and oxygen atoms in total. The number of carbonyl (C=O) groups excluding carboxylic acids is 1. The van der Waals surface area contributed by atoms with Crippen molar-refractivity contribution in [2.45, 2.75) is 43.8 Å². The van der Waals surface area contributed by atoms with E-state index in [4.69, 9.17) is 4.42 Å². The summed E-state index contributed by atoms with van der Waals surface area (Å²) >= 11 is 0. The van der Waals surface area contributed by atoms with E-state index in [0.29, 0.717) is 18.2 Å². The molecule has 3 aliphatic rings. The Morgan fingerprint density at radius 3 is 2.71 bits per heavy atom. The third-order valence-corrected chi connectivity index (χ3v) is 5.41. The first-order valence-corrected chi connectivity index (χ1v) is 7.87. The molecule has 2 bridgehead atoms. The molecule has 0 saturated heterocycles. The number of nitrogens with one attached hydrogen (secondary N) is 1. The molecule has 0 aromatic carbocycles. The summed E-state index contributed by atoms with van der Waals surface area (Å²) in [6, 6.07) is 3.63. The number of rotatable bonds is 4. The van der Waals surface area contributed by atoms with E-state index in [1.807, 2.05) is 6.07 Å². The van der Waals surface area contributed by atoms with Crippen molar-refractivity contribution in [2.24, 2.45) is 17.8 Å². The molecule has 5 heteroatoms. The van der Waals surface area contributed by atoms with E-state index in [2.05, 4.69) is 5.32 Å². The van der Waals surface area contributed by atoms with Gasteiger partial charge in [0.2, 0.25) is 0 Å². The lowest BCUT2D eigenvalue weighted by molar-refractivity contribution is -0.0332. The summed E-state index contributed by atoms with van der Waals surface area (Å²) in [5, 5.41) is 22.6. The molecule has 1 heterocycles. The molecule has 3 saturated carbocycles. The number of aliphatic hydroxyl groups is 2. The van der Waals surface area contributed by atoms with E-state index < -0.39 is 12.2 Å². The molecule has 1 aromatic heterocycles. The summed E-state index contributed by atoms with van der Waals surface area (Å²) in [7, 11) is 0. The van der Waals surface area contributed by atoms with Crippen LogP contribution in [-0.4, -0.2) is 34.9 Å². The number of fused-ring (bicyclic) bond motifs is 2. The minimum atomic E-state index is -0.629. The largest absolute Gasteiger partial charge is 0.456 e. The SMILES string of the molecule is O=C(NC[C@H]1C[C@@H]2C[C@H]1[C@@H](O)[C@H]2O)c1ccc(C2CC2)o1. The van der Waals surface area contributed by atoms with Crippen LogP contribution in [0.4, 0.5) is 0 Å². The number of carbonyl (C=O) groups is 1. The van der Waals surface area contributed by atoms with Gasteiger partial charge in [0.05, 0.1) is 12.2 Å². The van der Waals surface area contributed by atoms with Gasteiger partial charge in [-0.2, -0.15) is 0 Å². The highest BCUT2D eigenvalue weighted by molar-refractivity contribution is 5.91. The maximum atomic E-state index is 12.1. The summed E-state index contributed by atoms with van der Waals surface area (Å²) < 4.78 is 5.58. The van der Waals surface area contributed by atoms with Crippen LogP contribution in [-0.2, 0) is 0 Å². The fourth-order valence-corrected chi connectivity index (χ4v) is 4.04. The van der Waals surface area contributed by atoms with Crippen molar-refractivity contribution in [1.29, 1.82) is 0 Å². The maximum Gasteiger partial charge on any atom is 0.287 e. The lowest BCUT2D eigenvalue weighted by Crippen LogP contribution is -2.41. The van der Waals surface area contributed by atoms with Gasteiger partial charge in [-0.05, 0) is 55.6 Å². The topological polar surface area (TPSA) is 82.7 Å². The van der Waals surface area contributed by atoms with Crippen LogP contribution in [0.5, 0.6) is 0 Å². The molecule has 3 fully saturated rings. The Morgan fingerprint density at radius 2 is 2.05 bits per heavy atom. The monoisotopic (exact) mass is 291 g/mol. The standard InChI is InChI=1S/C16H21NO4/c18-14-9-5-10(11(6-9)15(14)19)7-17-16(20)13-4-3-12(21-13)8-1-2-8/h3-4,8-11,14-15,18-19H,1-2,5-7H2,(H,17,20)/t9-,10-,11-,14+,15-/m1/s1. The molecule has 21 heavy (non-hydrogen) atoms. The summed E-state index contributed by atoms with van der Waals surface area (Å²) in [6.45, 7) is 0.545. The van der Waals surface area contributed by atoms with Crippen molar-refractivity contribution in [3.63, 3.8) is 0 Å². The maximum absolute atomic E-state index is 12.1. The molecular formula is C16H21NO4. The highest BCUT2D eigenvalue weighted by Gasteiger charge is 2.51. The van der Waals surface area contributed by atoms with Crippen molar-refractivity contribution < 1.29 is 19.4 Å². The summed E-state index contributed by atoms with van der Waals surface area (Å²) in [6.07, 6.45) is 2.85. The molecular weight excluding hydrogens is 270 g/mol. The molecule has 4 rings (SSSR count). The van der Waals surface area contributed by atoms with Crippen LogP contribution in [0.2, 0.25) is 0 Å². The van der Waals surface area contributed by atoms with Gasteiger partial charge in [0.1, 0.15) is 5.76 Å². The summed E-state index contributed by atoms with van der Waals surface area (Å²) in [5.41, 5.74) is 0. The zero-order valence-electron chi connectivity index (χ0n) is 11.9. The van der Waals surface area contributed by atoms with E-state index >= 15 is 0 Å². The van der Waals surface area contributed by atoms with Crippen molar-refractivity contribution in [3.8, 4) is 0 Å². The highest BCUT2D eigenvalue weighted by Crippen LogP contribution is 2.48. The quantitative estimate of drug-likeness (QED) is 0.780. The van der Waals surface area contributed by atoms with Crippen LogP contribution >= 0.6 is 0 Å². The summed E-state index contributed by atoms with van der Waals surface area (Å²) in [4.78, 5) is 12.1. The van der Waals surface area contributed by atoms with E-state index in [-0.39, 0.29) is 23.7 Å². The second-order valence-corrected chi connectivity index (χ2v) is 6.82. The third-order valence-electron chi connectivity index (χ3n) is 5.41. The average Bonchev–Trinajstić information content (AvgIpc) is 2.97. The van der Waals surface area contributed by atoms with Crippen molar-refractivity contribution in [2.75, 3.05) is 6.54 Å². The van der Waals surface area contributed by atoms with Crippen molar-refractivity contribution in [1.82, 2.24) is 5.32 Å². The van der Waals surface area contributed by atoms with Gasteiger partial charge in [0, 0.05) is 12.5 Å². The van der Waals surface area contributed by atoms with E-state index in [1.165, 1.54) is 0 Å². The molecule has 0 radical (unpaired) electrons. The van der Waals surface area contributed by atoms with Crippen molar-refractivity contribution in [3.05, 3.63) is 23.7 Å². The van der Waals surface area contributed by atoms with Gasteiger partial charge < -0.3 is 19.9 Å². The number of amides is 1. The number of hydrogen-bond donors (Lipinski definition) is 3. The second kappa shape index (κ2) is 4.85. The zero-order chi connectivity index (χ0) is 14.6. The smallest absolute Gasteiger partial charge is 0.287 e. The van der Waals surface area contributed by atoms with Crippen LogP contribution in [0.3, 0.4) is 0 Å². The van der Waals surface area contributed by atoms with Gasteiger partial charge in [0.15, 0.2) is 5.76 Å². The van der Waals surface area contributed by atoms with E-state index in [1.54, 1.807) is 6.07 Å². The lowest BCUT2D eigenvalue weighted by atomic mass is 9.85. The Kier molecular flexibility index (Phi) is 3.08. The second-order valence-electron chi connectivity index (χ2n) is 6.82. The highest BCUT2D eigenvalue weighted by atomic mass is 16.4. The Morgan fingerprint density at radius 1 is 1.24 bits per heavy atom. The number of furan rings is 1. The number of hydrogen-bond acceptors (Lipinski definition) is 4. The summed E-state index contributed by atoms with van der Waals surface area (Å²) in [5.74, 6) is 2.18. The van der Waals surface area contributed by atoms with Crippen LogP contribution in [0.25, 0.3) is 0 Å². The van der Waals surface area contributed by atoms with Crippen LogP contribution < -0.4 is 5.32 Å². The molecule has 3 N–H and O–H groups in total. The third kappa shape index (κ3) is 2.28. The van der Waals surface area contributed by atoms with E-state index in [9.17, 15) is 15.0 Å². The van der Waals surface area contributed by atoms with Gasteiger partial charge >= 0.3 is 0 Å². The Labute approximate surface area is 123 Å². The first-order chi connectivity index (χ1) is 10.1. The van der Waals surface area contributed by atoms with Crippen LogP contribution in [0.1, 0.15) is 47.9 Å². The van der Waals surface area contributed by atoms with Gasteiger partial charge in [-0.1, -0.05) is 0 Å². The number of aliphatic hydroxyl groups excluding tert-OH is 2. The molecule has 0 aliphatic heterocycles. The fraction of sp³-hybridized carbons (Fsp3) is 0.688.